The van der Waals surface area contributed by atoms with Crippen molar-refractivity contribution in [2.45, 2.75) is 25.7 Å². The minimum atomic E-state index is -1.24. The Bertz CT molecular complexity index is 918. The number of hydrogen-bond acceptors (Lipinski definition) is 5. The number of nitriles is 1. The molecule has 1 amide bonds. The highest BCUT2D eigenvalue weighted by molar-refractivity contribution is 5.96. The maximum atomic E-state index is 12.1. The third-order valence-electron chi connectivity index (χ3n) is 3.95. The summed E-state index contributed by atoms with van der Waals surface area (Å²) < 4.78 is 0. The number of carbonyl (C=O) groups excluding carboxylic acids is 1. The Morgan fingerprint density at radius 1 is 1.19 bits per heavy atom. The number of carboxylic acids is 1. The zero-order valence-electron chi connectivity index (χ0n) is 14.3. The lowest BCUT2D eigenvalue weighted by atomic mass is 10.0. The Kier molecular flexibility index (Phi) is 6.61. The molecule has 2 aromatic rings. The van der Waals surface area contributed by atoms with Gasteiger partial charge in [0.15, 0.2) is 0 Å². The van der Waals surface area contributed by atoms with E-state index in [9.17, 15) is 19.7 Å². The zero-order chi connectivity index (χ0) is 19.8. The number of nitrogens with zero attached hydrogens (tertiary/aromatic N) is 2. The van der Waals surface area contributed by atoms with Crippen molar-refractivity contribution in [3.63, 3.8) is 0 Å². The van der Waals surface area contributed by atoms with Gasteiger partial charge in [0, 0.05) is 12.5 Å². The van der Waals surface area contributed by atoms with E-state index in [2.05, 4.69) is 11.4 Å². The number of rotatable bonds is 8. The second kappa shape index (κ2) is 9.10. The first-order valence-electron chi connectivity index (χ1n) is 8.22. The van der Waals surface area contributed by atoms with Gasteiger partial charge in [-0.3, -0.25) is 14.9 Å². The first kappa shape index (κ1) is 19.6. The number of nitrogens with one attached hydrogen (secondary N) is 1. The van der Waals surface area contributed by atoms with E-state index in [4.69, 9.17) is 10.4 Å². The quantitative estimate of drug-likeness (QED) is 0.416. The molecule has 2 N–H and O–H groups in total. The molecule has 0 bridgehead atoms. The summed E-state index contributed by atoms with van der Waals surface area (Å²) in [6.45, 7) is 0. The molecule has 0 radical (unpaired) electrons. The lowest BCUT2D eigenvalue weighted by molar-refractivity contribution is -0.383. The first-order chi connectivity index (χ1) is 12.9. The van der Waals surface area contributed by atoms with Gasteiger partial charge in [-0.1, -0.05) is 18.2 Å². The molecule has 0 aliphatic heterocycles. The molecular weight excluding hydrogens is 350 g/mol. The number of nitro groups is 1. The van der Waals surface area contributed by atoms with Crippen LogP contribution in [0.1, 0.15) is 40.7 Å². The maximum Gasteiger partial charge on any atom is 0.335 e. The van der Waals surface area contributed by atoms with Crippen molar-refractivity contribution < 1.29 is 19.6 Å². The molecule has 2 aromatic carbocycles. The van der Waals surface area contributed by atoms with Crippen molar-refractivity contribution in [3.05, 3.63) is 69.3 Å². The van der Waals surface area contributed by atoms with Gasteiger partial charge in [0.25, 0.3) is 5.69 Å². The summed E-state index contributed by atoms with van der Waals surface area (Å²) in [6, 6.07) is 12.6. The predicted molar refractivity (Wildman–Crippen MR) is 97.4 cm³/mol. The van der Waals surface area contributed by atoms with Crippen LogP contribution >= 0.6 is 0 Å². The molecule has 2 rings (SSSR count). The third kappa shape index (κ3) is 5.37. The predicted octanol–water partition coefficient (Wildman–Crippen LogP) is 3.52. The second-order valence-corrected chi connectivity index (χ2v) is 5.82. The van der Waals surface area contributed by atoms with E-state index in [1.807, 2.05) is 12.1 Å². The summed E-state index contributed by atoms with van der Waals surface area (Å²) in [7, 11) is 0. The fraction of sp³-hybridized carbons (Fsp3) is 0.211. The minimum absolute atomic E-state index is 0.128. The largest absolute Gasteiger partial charge is 0.478 e. The molecule has 0 aliphatic carbocycles. The van der Waals surface area contributed by atoms with Gasteiger partial charge in [-0.15, -0.1) is 0 Å². The van der Waals surface area contributed by atoms with Gasteiger partial charge in [0.1, 0.15) is 5.69 Å². The Morgan fingerprint density at radius 2 is 1.93 bits per heavy atom. The van der Waals surface area contributed by atoms with E-state index in [1.165, 1.54) is 0 Å². The van der Waals surface area contributed by atoms with Crippen LogP contribution in [0.4, 0.5) is 11.4 Å². The summed E-state index contributed by atoms with van der Waals surface area (Å²) in [4.78, 5) is 33.4. The highest BCUT2D eigenvalue weighted by Gasteiger charge is 2.18. The van der Waals surface area contributed by atoms with Crippen LogP contribution in [0.3, 0.4) is 0 Å². The lowest BCUT2D eigenvalue weighted by Gasteiger charge is -2.07. The number of aryl methyl sites for hydroxylation is 1. The van der Waals surface area contributed by atoms with Crippen molar-refractivity contribution in [1.29, 1.82) is 5.26 Å². The lowest BCUT2D eigenvalue weighted by Crippen LogP contribution is -2.13. The number of amides is 1. The summed E-state index contributed by atoms with van der Waals surface area (Å²) >= 11 is 0. The SMILES string of the molecule is N#Cc1ccccc1CCCCC(=O)Nc1cc(C(=O)O)ccc1[N+](=O)[O-]. The third-order valence-corrected chi connectivity index (χ3v) is 3.95. The summed E-state index contributed by atoms with van der Waals surface area (Å²) in [5, 5.41) is 31.5. The van der Waals surface area contributed by atoms with Crippen LogP contribution in [0.5, 0.6) is 0 Å². The number of anilines is 1. The normalized spacial score (nSPS) is 10.0. The van der Waals surface area contributed by atoms with Gasteiger partial charge >= 0.3 is 5.97 Å². The molecule has 138 valence electrons. The molecule has 0 aromatic heterocycles. The zero-order valence-corrected chi connectivity index (χ0v) is 14.3. The summed E-state index contributed by atoms with van der Waals surface area (Å²) in [6.07, 6.45) is 1.97. The van der Waals surface area contributed by atoms with Crippen molar-refractivity contribution >= 4 is 23.3 Å². The highest BCUT2D eigenvalue weighted by atomic mass is 16.6. The van der Waals surface area contributed by atoms with Gasteiger partial charge in [-0.05, 0) is 43.0 Å². The van der Waals surface area contributed by atoms with Crippen LogP contribution in [0.2, 0.25) is 0 Å². The van der Waals surface area contributed by atoms with E-state index < -0.39 is 16.8 Å². The van der Waals surface area contributed by atoms with Crippen molar-refractivity contribution in [2.75, 3.05) is 5.32 Å². The van der Waals surface area contributed by atoms with Crippen molar-refractivity contribution in [3.8, 4) is 6.07 Å². The van der Waals surface area contributed by atoms with Gasteiger partial charge in [0.05, 0.1) is 22.1 Å². The van der Waals surface area contributed by atoms with Gasteiger partial charge < -0.3 is 10.4 Å². The average Bonchev–Trinajstić information content (AvgIpc) is 2.65. The Hall–Kier alpha value is -3.73. The Balaban J connectivity index is 1.94. The Labute approximate surface area is 155 Å². The number of carbonyl (C=O) groups is 2. The molecule has 0 unspecified atom stereocenters. The molecule has 8 heteroatoms. The molecule has 0 saturated heterocycles. The topological polar surface area (TPSA) is 133 Å². The second-order valence-electron chi connectivity index (χ2n) is 5.82. The standard InChI is InChI=1S/C19H17N3O5/c20-12-15-7-2-1-5-13(15)6-3-4-8-18(23)21-16-11-14(19(24)25)9-10-17(16)22(26)27/h1-2,5,7,9-11H,3-4,6,8H2,(H,21,23)(H,24,25). The van der Waals surface area contributed by atoms with Crippen molar-refractivity contribution in [2.24, 2.45) is 0 Å². The van der Waals surface area contributed by atoms with Gasteiger partial charge in [0.2, 0.25) is 5.91 Å². The molecule has 0 spiro atoms. The van der Waals surface area contributed by atoms with Crippen LogP contribution in [0.15, 0.2) is 42.5 Å². The van der Waals surface area contributed by atoms with Gasteiger partial charge in [-0.2, -0.15) is 5.26 Å². The Morgan fingerprint density at radius 3 is 2.59 bits per heavy atom. The number of hydrogen-bond donors (Lipinski definition) is 2. The maximum absolute atomic E-state index is 12.1. The average molecular weight is 367 g/mol. The molecule has 0 atom stereocenters. The van der Waals surface area contributed by atoms with Crippen LogP contribution in [0.25, 0.3) is 0 Å². The number of aromatic carboxylic acids is 1. The fourth-order valence-corrected chi connectivity index (χ4v) is 2.59. The fourth-order valence-electron chi connectivity index (χ4n) is 2.59. The number of nitro benzene ring substituents is 1. The van der Waals surface area contributed by atoms with E-state index in [0.717, 1.165) is 23.8 Å². The van der Waals surface area contributed by atoms with Crippen molar-refractivity contribution in [1.82, 2.24) is 0 Å². The number of benzene rings is 2. The molecular formula is C19H17N3O5. The monoisotopic (exact) mass is 367 g/mol. The summed E-state index contributed by atoms with van der Waals surface area (Å²) in [5.41, 5.74) is 0.855. The molecule has 8 nitrogen and oxygen atoms in total. The smallest absolute Gasteiger partial charge is 0.335 e. The van der Waals surface area contributed by atoms with E-state index in [0.29, 0.717) is 24.8 Å². The van der Waals surface area contributed by atoms with Gasteiger partial charge in [-0.25, -0.2) is 4.79 Å². The molecule has 0 saturated carbocycles. The molecule has 0 heterocycles. The van der Waals surface area contributed by atoms with Crippen LogP contribution in [0, 0.1) is 21.4 Å². The highest BCUT2D eigenvalue weighted by Crippen LogP contribution is 2.26. The van der Waals surface area contributed by atoms with Crippen LogP contribution in [-0.4, -0.2) is 21.9 Å². The number of carboxylic acid groups (broad SMARTS) is 1. The van der Waals surface area contributed by atoms with Crippen LogP contribution in [-0.2, 0) is 11.2 Å². The first-order valence-corrected chi connectivity index (χ1v) is 8.22. The number of unbranched alkanes of at least 4 members (excludes halogenated alkanes) is 1. The van der Waals surface area contributed by atoms with E-state index in [-0.39, 0.29) is 23.4 Å². The minimum Gasteiger partial charge on any atom is -0.478 e. The van der Waals surface area contributed by atoms with E-state index in [1.54, 1.807) is 12.1 Å². The van der Waals surface area contributed by atoms with E-state index >= 15 is 0 Å². The molecule has 0 aliphatic rings. The molecule has 0 fully saturated rings. The summed E-state index contributed by atoms with van der Waals surface area (Å²) in [5.74, 6) is -1.68. The van der Waals surface area contributed by atoms with Crippen LogP contribution < -0.4 is 5.32 Å². The molecule has 27 heavy (non-hydrogen) atoms.